The van der Waals surface area contributed by atoms with Crippen LogP contribution < -0.4 is 5.32 Å². The lowest BCUT2D eigenvalue weighted by atomic mass is 10.1. The Morgan fingerprint density at radius 1 is 1.25 bits per heavy atom. The number of thioether (sulfide) groups is 1. The molecule has 1 amide bonds. The predicted molar refractivity (Wildman–Crippen MR) is 110 cm³/mol. The molecule has 0 aliphatic rings. The highest BCUT2D eigenvalue weighted by Crippen LogP contribution is 2.27. The number of imidazole rings is 1. The lowest BCUT2D eigenvalue weighted by Crippen LogP contribution is -2.15. The van der Waals surface area contributed by atoms with Crippen molar-refractivity contribution in [3.05, 3.63) is 65.6 Å². The number of hydrogen-bond donors (Lipinski definition) is 1. The Hall–Kier alpha value is -2.35. The van der Waals surface area contributed by atoms with Crippen molar-refractivity contribution in [2.75, 3.05) is 24.8 Å². The molecule has 1 N–H and O–H groups in total. The number of methoxy groups -OCH3 is 1. The number of rotatable bonds is 8. The van der Waals surface area contributed by atoms with Crippen LogP contribution >= 0.6 is 23.4 Å². The summed E-state index contributed by atoms with van der Waals surface area (Å²) in [6, 6.07) is 13.3. The minimum Gasteiger partial charge on any atom is -0.383 e. The molecule has 1 aromatic heterocycles. The second-order valence-corrected chi connectivity index (χ2v) is 7.24. The van der Waals surface area contributed by atoms with Crippen molar-refractivity contribution in [3.8, 4) is 11.3 Å². The summed E-state index contributed by atoms with van der Waals surface area (Å²) in [6.45, 7) is 1.06. The highest BCUT2D eigenvalue weighted by molar-refractivity contribution is 7.99. The fourth-order valence-electron chi connectivity index (χ4n) is 2.60. The van der Waals surface area contributed by atoms with Gasteiger partial charge in [0.25, 0.3) is 0 Å². The van der Waals surface area contributed by atoms with Gasteiger partial charge < -0.3 is 14.6 Å². The molecule has 0 aliphatic carbocycles. The minimum absolute atomic E-state index is 0.178. The van der Waals surface area contributed by atoms with Gasteiger partial charge in [-0.2, -0.15) is 0 Å². The van der Waals surface area contributed by atoms with Gasteiger partial charge in [-0.3, -0.25) is 4.79 Å². The smallest absolute Gasteiger partial charge is 0.234 e. The van der Waals surface area contributed by atoms with E-state index in [2.05, 4.69) is 10.3 Å². The second kappa shape index (κ2) is 9.73. The standard InChI is InChI=1S/C20H19ClFN3O2S/c1-27-11-10-25-18(14-6-8-15(22)9-7-14)12-23-20(25)28-13-19(26)24-17-5-3-2-4-16(17)21/h2-9,12H,10-11,13H2,1H3,(H,24,26). The van der Waals surface area contributed by atoms with E-state index in [1.165, 1.54) is 23.9 Å². The zero-order valence-electron chi connectivity index (χ0n) is 15.2. The Bertz CT molecular complexity index is 947. The maximum absolute atomic E-state index is 13.2. The minimum atomic E-state index is -0.294. The Morgan fingerprint density at radius 3 is 2.71 bits per heavy atom. The lowest BCUT2D eigenvalue weighted by molar-refractivity contribution is -0.113. The van der Waals surface area contributed by atoms with Gasteiger partial charge in [-0.05, 0) is 42.0 Å². The summed E-state index contributed by atoms with van der Waals surface area (Å²) < 4.78 is 20.4. The SMILES string of the molecule is COCCn1c(-c2ccc(F)cc2)cnc1SCC(=O)Nc1ccccc1Cl. The van der Waals surface area contributed by atoms with Crippen LogP contribution in [0, 0.1) is 5.82 Å². The average molecular weight is 420 g/mol. The van der Waals surface area contributed by atoms with Gasteiger partial charge in [0, 0.05) is 13.7 Å². The maximum Gasteiger partial charge on any atom is 0.234 e. The van der Waals surface area contributed by atoms with E-state index in [-0.39, 0.29) is 17.5 Å². The number of hydrogen-bond acceptors (Lipinski definition) is 4. The fourth-order valence-corrected chi connectivity index (χ4v) is 3.59. The average Bonchev–Trinajstić information content (AvgIpc) is 3.10. The molecule has 3 aromatic rings. The fraction of sp³-hybridized carbons (Fsp3) is 0.200. The molecular weight excluding hydrogens is 401 g/mol. The topological polar surface area (TPSA) is 56.2 Å². The van der Waals surface area contributed by atoms with Crippen LogP contribution in [0.2, 0.25) is 5.02 Å². The summed E-state index contributed by atoms with van der Waals surface area (Å²) >= 11 is 7.39. The van der Waals surface area contributed by atoms with Gasteiger partial charge in [-0.1, -0.05) is 35.5 Å². The summed E-state index contributed by atoms with van der Waals surface area (Å²) in [5.74, 6) is -0.293. The first-order valence-corrected chi connectivity index (χ1v) is 9.92. The van der Waals surface area contributed by atoms with Crippen LogP contribution in [-0.2, 0) is 16.1 Å². The maximum atomic E-state index is 13.2. The molecule has 0 saturated heterocycles. The van der Waals surface area contributed by atoms with Gasteiger partial charge in [0.2, 0.25) is 5.91 Å². The normalized spacial score (nSPS) is 10.8. The quantitative estimate of drug-likeness (QED) is 0.537. The first kappa shape index (κ1) is 20.4. The number of ether oxygens (including phenoxy) is 1. The van der Waals surface area contributed by atoms with Crippen molar-refractivity contribution in [1.29, 1.82) is 0 Å². The molecule has 0 fully saturated rings. The third-order valence-electron chi connectivity index (χ3n) is 3.96. The van der Waals surface area contributed by atoms with E-state index in [0.29, 0.717) is 29.0 Å². The van der Waals surface area contributed by atoms with E-state index in [4.69, 9.17) is 16.3 Å². The van der Waals surface area contributed by atoms with E-state index in [9.17, 15) is 9.18 Å². The van der Waals surface area contributed by atoms with E-state index in [1.54, 1.807) is 49.7 Å². The van der Waals surface area contributed by atoms with Crippen molar-refractivity contribution in [3.63, 3.8) is 0 Å². The summed E-state index contributed by atoms with van der Waals surface area (Å²) in [6.07, 6.45) is 1.72. The van der Waals surface area contributed by atoms with Crippen LogP contribution in [0.5, 0.6) is 0 Å². The number of nitrogens with one attached hydrogen (secondary N) is 1. The van der Waals surface area contributed by atoms with Gasteiger partial charge in [-0.25, -0.2) is 9.37 Å². The number of carbonyl (C=O) groups is 1. The van der Waals surface area contributed by atoms with Crippen LogP contribution in [-0.4, -0.2) is 34.9 Å². The van der Waals surface area contributed by atoms with Crippen LogP contribution in [0.4, 0.5) is 10.1 Å². The predicted octanol–water partition coefficient (Wildman–Crippen LogP) is 4.72. The number of aromatic nitrogens is 2. The largest absolute Gasteiger partial charge is 0.383 e. The molecule has 8 heteroatoms. The molecule has 0 aliphatic heterocycles. The zero-order valence-corrected chi connectivity index (χ0v) is 16.8. The van der Waals surface area contributed by atoms with Gasteiger partial charge in [0.15, 0.2) is 5.16 Å². The number of amides is 1. The molecule has 28 heavy (non-hydrogen) atoms. The molecule has 3 rings (SSSR count). The number of benzene rings is 2. The van der Waals surface area contributed by atoms with Crippen molar-refractivity contribution in [1.82, 2.24) is 9.55 Å². The third-order valence-corrected chi connectivity index (χ3v) is 5.28. The first-order valence-electron chi connectivity index (χ1n) is 8.56. The molecule has 1 heterocycles. The van der Waals surface area contributed by atoms with Gasteiger partial charge >= 0.3 is 0 Å². The Kier molecular flexibility index (Phi) is 7.08. The molecule has 0 atom stereocenters. The van der Waals surface area contributed by atoms with Crippen LogP contribution in [0.1, 0.15) is 0 Å². The molecule has 0 radical (unpaired) electrons. The third kappa shape index (κ3) is 5.13. The van der Waals surface area contributed by atoms with E-state index in [0.717, 1.165) is 11.3 Å². The first-order chi connectivity index (χ1) is 13.6. The Labute approximate surface area is 171 Å². The van der Waals surface area contributed by atoms with E-state index < -0.39 is 0 Å². The number of nitrogens with zero attached hydrogens (tertiary/aromatic N) is 2. The monoisotopic (exact) mass is 419 g/mol. The Morgan fingerprint density at radius 2 is 2.00 bits per heavy atom. The van der Waals surface area contributed by atoms with Crippen molar-refractivity contribution < 1.29 is 13.9 Å². The van der Waals surface area contributed by atoms with Crippen LogP contribution in [0.15, 0.2) is 59.9 Å². The number of para-hydroxylation sites is 1. The second-order valence-electron chi connectivity index (χ2n) is 5.89. The molecule has 2 aromatic carbocycles. The van der Waals surface area contributed by atoms with Crippen molar-refractivity contribution >= 4 is 35.0 Å². The van der Waals surface area contributed by atoms with Gasteiger partial charge in [-0.15, -0.1) is 0 Å². The molecular formula is C20H19ClFN3O2S. The summed E-state index contributed by atoms with van der Waals surface area (Å²) in [5.41, 5.74) is 2.26. The molecule has 0 spiro atoms. The molecule has 0 saturated carbocycles. The molecule has 5 nitrogen and oxygen atoms in total. The molecule has 0 bridgehead atoms. The van der Waals surface area contributed by atoms with E-state index in [1.807, 2.05) is 4.57 Å². The highest BCUT2D eigenvalue weighted by atomic mass is 35.5. The summed E-state index contributed by atoms with van der Waals surface area (Å²) in [5, 5.41) is 3.97. The number of carbonyl (C=O) groups excluding carboxylic acids is 1. The summed E-state index contributed by atoms with van der Waals surface area (Å²) in [7, 11) is 1.62. The van der Waals surface area contributed by atoms with Gasteiger partial charge in [0.1, 0.15) is 5.82 Å². The van der Waals surface area contributed by atoms with Crippen molar-refractivity contribution in [2.45, 2.75) is 11.7 Å². The Balaban J connectivity index is 1.73. The highest BCUT2D eigenvalue weighted by Gasteiger charge is 2.14. The number of anilines is 1. The van der Waals surface area contributed by atoms with Crippen molar-refractivity contribution in [2.24, 2.45) is 0 Å². The lowest BCUT2D eigenvalue weighted by Gasteiger charge is -2.12. The van der Waals surface area contributed by atoms with Crippen LogP contribution in [0.25, 0.3) is 11.3 Å². The zero-order chi connectivity index (χ0) is 19.9. The van der Waals surface area contributed by atoms with E-state index >= 15 is 0 Å². The van der Waals surface area contributed by atoms with Gasteiger partial charge in [0.05, 0.1) is 35.0 Å². The summed E-state index contributed by atoms with van der Waals surface area (Å²) in [4.78, 5) is 16.7. The van der Waals surface area contributed by atoms with Crippen LogP contribution in [0.3, 0.4) is 0 Å². The number of halogens is 2. The molecule has 0 unspecified atom stereocenters. The molecule has 146 valence electrons.